The first-order valence-corrected chi connectivity index (χ1v) is 4.37. The van der Waals surface area contributed by atoms with E-state index in [-0.39, 0.29) is 17.6 Å². The van der Waals surface area contributed by atoms with Crippen LogP contribution in [0.5, 0.6) is 0 Å². The van der Waals surface area contributed by atoms with Gasteiger partial charge in [0.2, 0.25) is 0 Å². The van der Waals surface area contributed by atoms with E-state index in [1.807, 2.05) is 0 Å². The third-order valence-corrected chi connectivity index (χ3v) is 2.32. The minimum atomic E-state index is -0.456. The van der Waals surface area contributed by atoms with Gasteiger partial charge >= 0.3 is 0 Å². The van der Waals surface area contributed by atoms with Crippen molar-refractivity contribution in [1.82, 2.24) is 10.9 Å². The Morgan fingerprint density at radius 1 is 1.36 bits per heavy atom. The zero-order valence-corrected chi connectivity index (χ0v) is 7.43. The fourth-order valence-corrected chi connectivity index (χ4v) is 1.57. The quantitative estimate of drug-likeness (QED) is 0.615. The molecule has 2 unspecified atom stereocenters. The number of hydrazine groups is 1. The predicted molar refractivity (Wildman–Crippen MR) is 48.2 cm³/mol. The molecule has 1 heterocycles. The topological polar surface area (TPSA) is 50.1 Å². The van der Waals surface area contributed by atoms with Crippen molar-refractivity contribution in [1.29, 1.82) is 0 Å². The van der Waals surface area contributed by atoms with Crippen LogP contribution in [0.4, 0.5) is 8.78 Å². The van der Waals surface area contributed by atoms with Gasteiger partial charge in [-0.2, -0.15) is 0 Å². The molecule has 1 aliphatic rings. The number of benzene rings is 1. The highest BCUT2D eigenvalue weighted by Gasteiger charge is 2.27. The SMILES string of the molecule is NC1CNNC1c1cc(F)ccc1F. The van der Waals surface area contributed by atoms with Crippen LogP contribution in [0, 0.1) is 11.6 Å². The molecule has 0 bridgehead atoms. The number of halogens is 2. The summed E-state index contributed by atoms with van der Waals surface area (Å²) in [5.41, 5.74) is 11.6. The Morgan fingerprint density at radius 2 is 2.14 bits per heavy atom. The van der Waals surface area contributed by atoms with Crippen LogP contribution in [0.15, 0.2) is 18.2 Å². The lowest BCUT2D eigenvalue weighted by atomic mass is 10.0. The van der Waals surface area contributed by atoms with Crippen LogP contribution in [0.3, 0.4) is 0 Å². The molecule has 1 saturated heterocycles. The first-order valence-electron chi connectivity index (χ1n) is 4.37. The van der Waals surface area contributed by atoms with Gasteiger partial charge in [-0.25, -0.2) is 14.2 Å². The fourth-order valence-electron chi connectivity index (χ4n) is 1.57. The second-order valence-electron chi connectivity index (χ2n) is 3.33. The third kappa shape index (κ3) is 1.61. The van der Waals surface area contributed by atoms with Crippen molar-refractivity contribution in [3.8, 4) is 0 Å². The standard InChI is InChI=1S/C9H11F2N3/c10-5-1-2-7(11)6(3-5)9-8(12)4-13-14-9/h1-3,8-9,13-14H,4,12H2. The van der Waals surface area contributed by atoms with Gasteiger partial charge in [-0.05, 0) is 18.2 Å². The summed E-state index contributed by atoms with van der Waals surface area (Å²) in [5.74, 6) is -0.898. The van der Waals surface area contributed by atoms with Crippen molar-refractivity contribution < 1.29 is 8.78 Å². The third-order valence-electron chi connectivity index (χ3n) is 2.32. The number of rotatable bonds is 1. The highest BCUT2D eigenvalue weighted by Crippen LogP contribution is 2.21. The summed E-state index contributed by atoms with van der Waals surface area (Å²) in [7, 11) is 0. The van der Waals surface area contributed by atoms with Crippen LogP contribution in [-0.4, -0.2) is 12.6 Å². The second-order valence-corrected chi connectivity index (χ2v) is 3.33. The van der Waals surface area contributed by atoms with Gasteiger partial charge in [0.1, 0.15) is 11.6 Å². The van der Waals surface area contributed by atoms with Gasteiger partial charge in [0.05, 0.1) is 6.04 Å². The summed E-state index contributed by atoms with van der Waals surface area (Å²) in [4.78, 5) is 0. The molecule has 5 heteroatoms. The average Bonchev–Trinajstić information content (AvgIpc) is 2.56. The van der Waals surface area contributed by atoms with Crippen LogP contribution >= 0.6 is 0 Å². The minimum absolute atomic E-state index is 0.244. The molecule has 0 aromatic heterocycles. The summed E-state index contributed by atoms with van der Waals surface area (Å²) in [6.07, 6.45) is 0. The van der Waals surface area contributed by atoms with Crippen LogP contribution < -0.4 is 16.6 Å². The van der Waals surface area contributed by atoms with E-state index in [1.165, 1.54) is 6.07 Å². The molecule has 14 heavy (non-hydrogen) atoms. The van der Waals surface area contributed by atoms with E-state index in [4.69, 9.17) is 5.73 Å². The first-order chi connectivity index (χ1) is 6.68. The highest BCUT2D eigenvalue weighted by atomic mass is 19.1. The summed E-state index contributed by atoms with van der Waals surface area (Å²) < 4.78 is 26.2. The Balaban J connectivity index is 2.34. The molecule has 0 spiro atoms. The molecule has 0 saturated carbocycles. The molecule has 4 N–H and O–H groups in total. The highest BCUT2D eigenvalue weighted by molar-refractivity contribution is 5.24. The Kier molecular flexibility index (Phi) is 2.45. The van der Waals surface area contributed by atoms with Crippen molar-refractivity contribution in [2.24, 2.45) is 5.73 Å². The molecule has 1 aromatic rings. The smallest absolute Gasteiger partial charge is 0.128 e. The average molecular weight is 199 g/mol. The van der Waals surface area contributed by atoms with Crippen molar-refractivity contribution in [2.75, 3.05) is 6.54 Å². The van der Waals surface area contributed by atoms with Crippen molar-refractivity contribution in [3.63, 3.8) is 0 Å². The Labute approximate surface area is 80.3 Å². The fraction of sp³-hybridized carbons (Fsp3) is 0.333. The first kappa shape index (κ1) is 9.51. The van der Waals surface area contributed by atoms with Crippen molar-refractivity contribution in [2.45, 2.75) is 12.1 Å². The minimum Gasteiger partial charge on any atom is -0.325 e. The van der Waals surface area contributed by atoms with Gasteiger partial charge in [-0.1, -0.05) is 0 Å². The lowest BCUT2D eigenvalue weighted by Gasteiger charge is -2.15. The maximum atomic E-state index is 13.3. The molecule has 0 amide bonds. The van der Waals surface area contributed by atoms with Gasteiger partial charge in [0.25, 0.3) is 0 Å². The molecule has 76 valence electrons. The summed E-state index contributed by atoms with van der Waals surface area (Å²) >= 11 is 0. The van der Waals surface area contributed by atoms with E-state index >= 15 is 0 Å². The van der Waals surface area contributed by atoms with E-state index in [1.54, 1.807) is 0 Å². The lowest BCUT2D eigenvalue weighted by molar-refractivity contribution is 0.502. The van der Waals surface area contributed by atoms with Crippen LogP contribution in [0.1, 0.15) is 11.6 Å². The normalized spacial score (nSPS) is 26.8. The molecule has 3 nitrogen and oxygen atoms in total. The molecular weight excluding hydrogens is 188 g/mol. The Morgan fingerprint density at radius 3 is 2.79 bits per heavy atom. The van der Waals surface area contributed by atoms with Gasteiger partial charge < -0.3 is 5.73 Å². The molecule has 1 fully saturated rings. The van der Waals surface area contributed by atoms with Crippen LogP contribution in [-0.2, 0) is 0 Å². The van der Waals surface area contributed by atoms with Crippen LogP contribution in [0.2, 0.25) is 0 Å². The van der Waals surface area contributed by atoms with Gasteiger partial charge in [0, 0.05) is 18.2 Å². The Bertz CT molecular complexity index is 343. The van der Waals surface area contributed by atoms with E-state index in [2.05, 4.69) is 10.9 Å². The summed E-state index contributed by atoms with van der Waals surface area (Å²) in [6, 6.07) is 2.75. The molecule has 2 rings (SSSR count). The molecule has 0 radical (unpaired) electrons. The maximum Gasteiger partial charge on any atom is 0.128 e. The molecule has 0 aliphatic carbocycles. The summed E-state index contributed by atoms with van der Waals surface area (Å²) in [6.45, 7) is 0.542. The second kappa shape index (κ2) is 3.61. The number of hydrogen-bond donors (Lipinski definition) is 3. The molecule has 1 aromatic carbocycles. The van der Waals surface area contributed by atoms with Crippen molar-refractivity contribution in [3.05, 3.63) is 35.4 Å². The van der Waals surface area contributed by atoms with Gasteiger partial charge in [-0.3, -0.25) is 5.43 Å². The summed E-state index contributed by atoms with van der Waals surface area (Å²) in [5, 5.41) is 0. The monoisotopic (exact) mass is 199 g/mol. The zero-order chi connectivity index (χ0) is 10.1. The van der Waals surface area contributed by atoms with Crippen LogP contribution in [0.25, 0.3) is 0 Å². The number of nitrogens with one attached hydrogen (secondary N) is 2. The molecular formula is C9H11F2N3. The predicted octanol–water partition coefficient (Wildman–Crippen LogP) is 0.441. The van der Waals surface area contributed by atoms with E-state index < -0.39 is 11.6 Å². The van der Waals surface area contributed by atoms with E-state index in [0.717, 1.165) is 12.1 Å². The van der Waals surface area contributed by atoms with E-state index in [9.17, 15) is 8.78 Å². The number of hydrogen-bond acceptors (Lipinski definition) is 3. The number of nitrogens with two attached hydrogens (primary N) is 1. The van der Waals surface area contributed by atoms with E-state index in [0.29, 0.717) is 6.54 Å². The largest absolute Gasteiger partial charge is 0.325 e. The van der Waals surface area contributed by atoms with Gasteiger partial charge in [-0.15, -0.1) is 0 Å². The Hall–Kier alpha value is -1.04. The lowest BCUT2D eigenvalue weighted by Crippen LogP contribution is -2.30. The molecule has 1 aliphatic heterocycles. The maximum absolute atomic E-state index is 13.3. The van der Waals surface area contributed by atoms with Gasteiger partial charge in [0.15, 0.2) is 0 Å². The molecule has 2 atom stereocenters. The zero-order valence-electron chi connectivity index (χ0n) is 7.43. The van der Waals surface area contributed by atoms with Crippen molar-refractivity contribution >= 4 is 0 Å².